The van der Waals surface area contributed by atoms with Crippen LogP contribution in [0, 0.1) is 0 Å². The first-order valence-corrected chi connectivity index (χ1v) is 12.8. The van der Waals surface area contributed by atoms with Gasteiger partial charge in [0.05, 0.1) is 6.54 Å². The zero-order chi connectivity index (χ0) is 25.5. The molecule has 3 rings (SSSR count). The number of benzene rings is 2. The highest BCUT2D eigenvalue weighted by molar-refractivity contribution is 5.85. The molecule has 2 aromatic rings. The Morgan fingerprint density at radius 1 is 0.824 bits per heavy atom. The van der Waals surface area contributed by atoms with Crippen molar-refractivity contribution in [2.24, 2.45) is 4.99 Å². The van der Waals surface area contributed by atoms with Crippen molar-refractivity contribution in [2.45, 2.75) is 118 Å². The standard InChI is InChI=1S/C31H45NO2/c1-12-29(6,7)23-17-22-20-32-19-21-15-14-16-24(28(3,4)5)26(21)33-31(10,11)34-27(22)25(18-23)30(8,9)13-2/h14-18,20H,12-13,19H2,1-11H3. The summed E-state index contributed by atoms with van der Waals surface area (Å²) in [7, 11) is 0. The molecule has 0 saturated carbocycles. The summed E-state index contributed by atoms with van der Waals surface area (Å²) in [6.07, 6.45) is 4.08. The maximum atomic E-state index is 6.79. The number of hydrogen-bond acceptors (Lipinski definition) is 3. The highest BCUT2D eigenvalue weighted by Crippen LogP contribution is 2.43. The number of aliphatic imine (C=N–C) groups is 1. The van der Waals surface area contributed by atoms with Gasteiger partial charge in [-0.1, -0.05) is 86.6 Å². The van der Waals surface area contributed by atoms with E-state index in [9.17, 15) is 0 Å². The van der Waals surface area contributed by atoms with Crippen molar-refractivity contribution in [2.75, 3.05) is 0 Å². The summed E-state index contributed by atoms with van der Waals surface area (Å²) >= 11 is 0. The van der Waals surface area contributed by atoms with Gasteiger partial charge in [0, 0.05) is 42.3 Å². The summed E-state index contributed by atoms with van der Waals surface area (Å²) in [5.41, 5.74) is 5.80. The fourth-order valence-electron chi connectivity index (χ4n) is 4.32. The summed E-state index contributed by atoms with van der Waals surface area (Å²) in [6.45, 7) is 25.0. The Morgan fingerprint density at radius 3 is 2.03 bits per heavy atom. The predicted molar refractivity (Wildman–Crippen MR) is 145 cm³/mol. The van der Waals surface area contributed by atoms with Crippen LogP contribution in [0.3, 0.4) is 0 Å². The predicted octanol–water partition coefficient (Wildman–Crippen LogP) is 8.49. The van der Waals surface area contributed by atoms with Crippen molar-refractivity contribution in [3.05, 3.63) is 58.1 Å². The molecule has 0 bridgehead atoms. The van der Waals surface area contributed by atoms with Crippen LogP contribution >= 0.6 is 0 Å². The molecule has 0 amide bonds. The minimum absolute atomic E-state index is 0.0492. The first kappa shape index (κ1) is 26.3. The van der Waals surface area contributed by atoms with Crippen LogP contribution in [0.25, 0.3) is 0 Å². The van der Waals surface area contributed by atoms with Crippen LogP contribution in [0.4, 0.5) is 0 Å². The van der Waals surface area contributed by atoms with Crippen LogP contribution in [0.1, 0.15) is 117 Å². The maximum Gasteiger partial charge on any atom is 0.245 e. The van der Waals surface area contributed by atoms with Gasteiger partial charge in [0.1, 0.15) is 11.5 Å². The Labute approximate surface area is 208 Å². The minimum Gasteiger partial charge on any atom is -0.452 e. The molecule has 0 aliphatic carbocycles. The molecule has 0 N–H and O–H groups in total. The Morgan fingerprint density at radius 2 is 1.44 bits per heavy atom. The highest BCUT2D eigenvalue weighted by atomic mass is 16.7. The largest absolute Gasteiger partial charge is 0.452 e. The van der Waals surface area contributed by atoms with E-state index in [0.717, 1.165) is 35.5 Å². The SMILES string of the molecule is CCC(C)(C)c1cc2c(c(C(C)(C)CC)c1)OC(C)(C)Oc1c(cccc1C(C)(C)C)CN=C2. The van der Waals surface area contributed by atoms with Gasteiger partial charge in [-0.15, -0.1) is 0 Å². The highest BCUT2D eigenvalue weighted by Gasteiger charge is 2.34. The molecule has 0 aromatic heterocycles. The van der Waals surface area contributed by atoms with E-state index >= 15 is 0 Å². The first-order chi connectivity index (χ1) is 15.6. The lowest BCUT2D eigenvalue weighted by atomic mass is 9.75. The second-order valence-corrected chi connectivity index (χ2v) is 12.5. The lowest BCUT2D eigenvalue weighted by Crippen LogP contribution is -2.38. The van der Waals surface area contributed by atoms with Gasteiger partial charge in [0.25, 0.3) is 0 Å². The van der Waals surface area contributed by atoms with E-state index in [1.165, 1.54) is 16.7 Å². The lowest BCUT2D eigenvalue weighted by molar-refractivity contribution is -0.0835. The molecule has 0 spiro atoms. The quantitative estimate of drug-likeness (QED) is 0.455. The van der Waals surface area contributed by atoms with Crippen LogP contribution in [0.15, 0.2) is 35.3 Å². The molecule has 2 aromatic carbocycles. The van der Waals surface area contributed by atoms with Crippen molar-refractivity contribution in [3.8, 4) is 11.5 Å². The van der Waals surface area contributed by atoms with E-state index in [1.807, 2.05) is 20.1 Å². The van der Waals surface area contributed by atoms with Crippen molar-refractivity contribution < 1.29 is 9.47 Å². The van der Waals surface area contributed by atoms with E-state index < -0.39 is 5.79 Å². The minimum atomic E-state index is -0.851. The third-order valence-corrected chi connectivity index (χ3v) is 7.49. The summed E-state index contributed by atoms with van der Waals surface area (Å²) in [5, 5.41) is 0. The van der Waals surface area contributed by atoms with Crippen molar-refractivity contribution in [1.82, 2.24) is 0 Å². The summed E-state index contributed by atoms with van der Waals surface area (Å²) in [6, 6.07) is 11.0. The Balaban J connectivity index is 2.28. The molecular weight excluding hydrogens is 418 g/mol. The number of fused-ring (bicyclic) bond motifs is 2. The van der Waals surface area contributed by atoms with E-state index in [0.29, 0.717) is 6.54 Å². The van der Waals surface area contributed by atoms with Crippen LogP contribution in [-0.4, -0.2) is 12.0 Å². The van der Waals surface area contributed by atoms with Gasteiger partial charge in [-0.2, -0.15) is 0 Å². The number of para-hydroxylation sites is 1. The number of rotatable bonds is 4. The zero-order valence-corrected chi connectivity index (χ0v) is 23.3. The molecule has 0 fully saturated rings. The van der Waals surface area contributed by atoms with Crippen LogP contribution in [0.5, 0.6) is 11.5 Å². The van der Waals surface area contributed by atoms with Gasteiger partial charge in [-0.3, -0.25) is 4.99 Å². The number of hydrogen-bond donors (Lipinski definition) is 0. The molecule has 0 atom stereocenters. The fourth-order valence-corrected chi connectivity index (χ4v) is 4.32. The smallest absolute Gasteiger partial charge is 0.245 e. The molecular formula is C31H45NO2. The van der Waals surface area contributed by atoms with Gasteiger partial charge < -0.3 is 9.47 Å². The Bertz CT molecular complexity index is 1070. The third-order valence-electron chi connectivity index (χ3n) is 7.49. The Hall–Kier alpha value is -2.29. The average molecular weight is 464 g/mol. The maximum absolute atomic E-state index is 6.79. The topological polar surface area (TPSA) is 30.8 Å². The molecule has 3 heteroatoms. The molecule has 1 heterocycles. The van der Waals surface area contributed by atoms with E-state index in [4.69, 9.17) is 14.5 Å². The van der Waals surface area contributed by atoms with E-state index in [2.05, 4.69) is 92.6 Å². The van der Waals surface area contributed by atoms with Gasteiger partial charge in [0.2, 0.25) is 5.79 Å². The second-order valence-electron chi connectivity index (χ2n) is 12.5. The molecule has 1 aliphatic heterocycles. The molecule has 0 saturated heterocycles. The molecule has 3 nitrogen and oxygen atoms in total. The molecule has 186 valence electrons. The van der Waals surface area contributed by atoms with E-state index in [-0.39, 0.29) is 16.2 Å². The van der Waals surface area contributed by atoms with Crippen molar-refractivity contribution in [1.29, 1.82) is 0 Å². The molecule has 34 heavy (non-hydrogen) atoms. The molecule has 1 aliphatic rings. The van der Waals surface area contributed by atoms with Gasteiger partial charge in [-0.25, -0.2) is 0 Å². The summed E-state index contributed by atoms with van der Waals surface area (Å²) in [4.78, 5) is 4.90. The molecule has 0 radical (unpaired) electrons. The van der Waals surface area contributed by atoms with Crippen LogP contribution in [-0.2, 0) is 22.8 Å². The van der Waals surface area contributed by atoms with Crippen LogP contribution < -0.4 is 9.47 Å². The van der Waals surface area contributed by atoms with Crippen molar-refractivity contribution in [3.63, 3.8) is 0 Å². The monoisotopic (exact) mass is 463 g/mol. The number of nitrogens with zero attached hydrogens (tertiary/aromatic N) is 1. The third kappa shape index (κ3) is 5.34. The normalized spacial score (nSPS) is 16.2. The van der Waals surface area contributed by atoms with Crippen LogP contribution in [0.2, 0.25) is 0 Å². The Kier molecular flexibility index (Phi) is 7.01. The van der Waals surface area contributed by atoms with E-state index in [1.54, 1.807) is 0 Å². The number of ether oxygens (including phenoxy) is 2. The fraction of sp³-hybridized carbons (Fsp3) is 0.581. The second kappa shape index (κ2) is 9.06. The first-order valence-electron chi connectivity index (χ1n) is 12.8. The summed E-state index contributed by atoms with van der Waals surface area (Å²) in [5.74, 6) is 0.921. The average Bonchev–Trinajstić information content (AvgIpc) is 2.73. The van der Waals surface area contributed by atoms with Gasteiger partial charge in [0.15, 0.2) is 0 Å². The zero-order valence-electron chi connectivity index (χ0n) is 23.3. The lowest BCUT2D eigenvalue weighted by Gasteiger charge is -2.36. The summed E-state index contributed by atoms with van der Waals surface area (Å²) < 4.78 is 13.5. The van der Waals surface area contributed by atoms with Crippen molar-refractivity contribution >= 4 is 6.21 Å². The molecule has 0 unspecified atom stereocenters. The van der Waals surface area contributed by atoms with Gasteiger partial charge in [-0.05, 0) is 40.7 Å². The van der Waals surface area contributed by atoms with Gasteiger partial charge >= 0.3 is 0 Å².